The van der Waals surface area contributed by atoms with Crippen LogP contribution in [0.15, 0.2) is 24.3 Å². The predicted octanol–water partition coefficient (Wildman–Crippen LogP) is 1.65. The maximum atomic E-state index is 12.0. The van der Waals surface area contributed by atoms with Crippen molar-refractivity contribution in [2.24, 2.45) is 5.92 Å². The molecule has 1 unspecified atom stereocenters. The van der Waals surface area contributed by atoms with E-state index in [1.165, 1.54) is 5.56 Å². The van der Waals surface area contributed by atoms with E-state index in [1.54, 1.807) is 11.9 Å². The van der Waals surface area contributed by atoms with E-state index in [4.69, 9.17) is 5.11 Å². The quantitative estimate of drug-likeness (QED) is 0.802. The molecule has 0 fully saturated rings. The number of nitrogens with zero attached hydrogens (tertiary/aromatic N) is 1. The van der Waals surface area contributed by atoms with E-state index < -0.39 is 12.0 Å². The first kappa shape index (κ1) is 17.2. The number of hydrogen-bond acceptors (Lipinski definition) is 3. The molecule has 1 amide bonds. The number of aliphatic carboxylic acids is 1. The molecule has 0 radical (unpaired) electrons. The highest BCUT2D eigenvalue weighted by molar-refractivity contribution is 5.80. The summed E-state index contributed by atoms with van der Waals surface area (Å²) in [5, 5.41) is 11.9. The van der Waals surface area contributed by atoms with Gasteiger partial charge in [0.05, 0.1) is 6.54 Å². The van der Waals surface area contributed by atoms with Crippen molar-refractivity contribution in [3.05, 3.63) is 35.4 Å². The SMILES string of the molecule is Cc1ccc(CN(C)C(=O)CNC(C(=O)O)C(C)C)cc1. The molecule has 0 bridgehead atoms. The number of likely N-dealkylation sites (N-methyl/N-ethyl adjacent to an activating group) is 1. The number of nitrogens with one attached hydrogen (secondary N) is 1. The zero-order valence-electron chi connectivity index (χ0n) is 13.1. The number of aryl methyl sites for hydroxylation is 1. The van der Waals surface area contributed by atoms with E-state index in [0.717, 1.165) is 5.56 Å². The lowest BCUT2D eigenvalue weighted by molar-refractivity contribution is -0.141. The van der Waals surface area contributed by atoms with Crippen molar-refractivity contribution in [2.75, 3.05) is 13.6 Å². The Hall–Kier alpha value is -1.88. The second kappa shape index (κ2) is 7.78. The standard InChI is InChI=1S/C16H24N2O3/c1-11(2)15(16(20)21)17-9-14(19)18(4)10-13-7-5-12(3)6-8-13/h5-8,11,15,17H,9-10H2,1-4H3,(H,20,21). The van der Waals surface area contributed by atoms with Gasteiger partial charge >= 0.3 is 5.97 Å². The van der Waals surface area contributed by atoms with Crippen LogP contribution in [0.5, 0.6) is 0 Å². The fourth-order valence-electron chi connectivity index (χ4n) is 2.00. The molecule has 0 saturated heterocycles. The normalized spacial score (nSPS) is 12.2. The van der Waals surface area contributed by atoms with E-state index in [9.17, 15) is 9.59 Å². The smallest absolute Gasteiger partial charge is 0.320 e. The summed E-state index contributed by atoms with van der Waals surface area (Å²) in [6, 6.07) is 7.28. The second-order valence-electron chi connectivity index (χ2n) is 5.68. The van der Waals surface area contributed by atoms with Crippen molar-refractivity contribution in [3.63, 3.8) is 0 Å². The molecule has 5 nitrogen and oxygen atoms in total. The summed E-state index contributed by atoms with van der Waals surface area (Å²) in [6.07, 6.45) is 0. The molecule has 0 spiro atoms. The minimum absolute atomic E-state index is 0.0253. The van der Waals surface area contributed by atoms with E-state index in [0.29, 0.717) is 6.54 Å². The number of hydrogen-bond donors (Lipinski definition) is 2. The van der Waals surface area contributed by atoms with Gasteiger partial charge in [0.1, 0.15) is 6.04 Å². The van der Waals surface area contributed by atoms with Gasteiger partial charge in [-0.05, 0) is 18.4 Å². The van der Waals surface area contributed by atoms with Crippen LogP contribution in [0.4, 0.5) is 0 Å². The summed E-state index contributed by atoms with van der Waals surface area (Å²) < 4.78 is 0. The maximum Gasteiger partial charge on any atom is 0.320 e. The van der Waals surface area contributed by atoms with Crippen LogP contribution in [0.1, 0.15) is 25.0 Å². The van der Waals surface area contributed by atoms with Gasteiger partial charge in [-0.25, -0.2) is 0 Å². The maximum absolute atomic E-state index is 12.0. The second-order valence-corrected chi connectivity index (χ2v) is 5.68. The van der Waals surface area contributed by atoms with Gasteiger partial charge in [0, 0.05) is 13.6 Å². The number of rotatable bonds is 7. The number of carboxylic acids is 1. The number of carbonyl (C=O) groups excluding carboxylic acids is 1. The van der Waals surface area contributed by atoms with Crippen molar-refractivity contribution < 1.29 is 14.7 Å². The number of amides is 1. The lowest BCUT2D eigenvalue weighted by Gasteiger charge is -2.21. The molecule has 1 aromatic rings. The highest BCUT2D eigenvalue weighted by Crippen LogP contribution is 2.06. The highest BCUT2D eigenvalue weighted by Gasteiger charge is 2.22. The number of carbonyl (C=O) groups is 2. The third-order valence-corrected chi connectivity index (χ3v) is 3.37. The van der Waals surface area contributed by atoms with Crippen molar-refractivity contribution in [3.8, 4) is 0 Å². The summed E-state index contributed by atoms with van der Waals surface area (Å²) >= 11 is 0. The Morgan fingerprint density at radius 1 is 1.24 bits per heavy atom. The Morgan fingerprint density at radius 3 is 2.29 bits per heavy atom. The van der Waals surface area contributed by atoms with Crippen LogP contribution in [0.3, 0.4) is 0 Å². The van der Waals surface area contributed by atoms with Crippen LogP contribution in [0.25, 0.3) is 0 Å². The largest absolute Gasteiger partial charge is 0.480 e. The predicted molar refractivity (Wildman–Crippen MR) is 81.9 cm³/mol. The molecular formula is C16H24N2O3. The topological polar surface area (TPSA) is 69.6 Å². The van der Waals surface area contributed by atoms with Crippen LogP contribution in [0.2, 0.25) is 0 Å². The van der Waals surface area contributed by atoms with Gasteiger partial charge in [-0.15, -0.1) is 0 Å². The Kier molecular flexibility index (Phi) is 6.37. The van der Waals surface area contributed by atoms with E-state index in [1.807, 2.05) is 45.0 Å². The van der Waals surface area contributed by atoms with Crippen LogP contribution in [-0.4, -0.2) is 41.5 Å². The molecule has 2 N–H and O–H groups in total. The molecule has 0 aliphatic rings. The molecule has 116 valence electrons. The first-order valence-corrected chi connectivity index (χ1v) is 7.07. The van der Waals surface area contributed by atoms with Gasteiger partial charge in [0.15, 0.2) is 0 Å². The van der Waals surface area contributed by atoms with Crippen molar-refractivity contribution >= 4 is 11.9 Å². The minimum atomic E-state index is -0.931. The number of carboxylic acid groups (broad SMARTS) is 1. The molecule has 0 aliphatic heterocycles. The lowest BCUT2D eigenvalue weighted by atomic mass is 10.1. The Labute approximate surface area is 126 Å². The Morgan fingerprint density at radius 2 is 1.81 bits per heavy atom. The Bertz CT molecular complexity index is 483. The molecule has 0 heterocycles. The molecule has 1 atom stereocenters. The fourth-order valence-corrected chi connectivity index (χ4v) is 2.00. The van der Waals surface area contributed by atoms with Gasteiger partial charge in [0.25, 0.3) is 0 Å². The summed E-state index contributed by atoms with van der Waals surface area (Å²) in [5.74, 6) is -1.13. The average Bonchev–Trinajstić information content (AvgIpc) is 2.40. The average molecular weight is 292 g/mol. The molecule has 5 heteroatoms. The van der Waals surface area contributed by atoms with Crippen molar-refractivity contribution in [2.45, 2.75) is 33.4 Å². The third-order valence-electron chi connectivity index (χ3n) is 3.37. The summed E-state index contributed by atoms with van der Waals surface area (Å²) in [6.45, 7) is 6.18. The van der Waals surface area contributed by atoms with Gasteiger partial charge in [-0.1, -0.05) is 43.7 Å². The highest BCUT2D eigenvalue weighted by atomic mass is 16.4. The van der Waals surface area contributed by atoms with Crippen LogP contribution >= 0.6 is 0 Å². The molecule has 1 aromatic carbocycles. The Balaban J connectivity index is 2.51. The zero-order valence-corrected chi connectivity index (χ0v) is 13.1. The van der Waals surface area contributed by atoms with E-state index >= 15 is 0 Å². The van der Waals surface area contributed by atoms with Crippen molar-refractivity contribution in [1.29, 1.82) is 0 Å². The molecule has 0 aromatic heterocycles. The molecular weight excluding hydrogens is 268 g/mol. The molecule has 1 rings (SSSR count). The minimum Gasteiger partial charge on any atom is -0.480 e. The van der Waals surface area contributed by atoms with Gasteiger partial charge in [0.2, 0.25) is 5.91 Å². The summed E-state index contributed by atoms with van der Waals surface area (Å²) in [5.41, 5.74) is 2.23. The summed E-state index contributed by atoms with van der Waals surface area (Å²) in [7, 11) is 1.72. The van der Waals surface area contributed by atoms with Gasteiger partial charge in [-0.3, -0.25) is 14.9 Å². The van der Waals surface area contributed by atoms with Gasteiger partial charge in [-0.2, -0.15) is 0 Å². The third kappa shape index (κ3) is 5.55. The first-order chi connectivity index (χ1) is 9.81. The lowest BCUT2D eigenvalue weighted by Crippen LogP contribution is -2.46. The van der Waals surface area contributed by atoms with Gasteiger partial charge < -0.3 is 10.0 Å². The van der Waals surface area contributed by atoms with E-state index in [2.05, 4.69) is 5.32 Å². The number of benzene rings is 1. The van der Waals surface area contributed by atoms with Crippen molar-refractivity contribution in [1.82, 2.24) is 10.2 Å². The fraction of sp³-hybridized carbons (Fsp3) is 0.500. The zero-order chi connectivity index (χ0) is 16.0. The molecule has 0 saturated carbocycles. The van der Waals surface area contributed by atoms with Crippen LogP contribution in [0, 0.1) is 12.8 Å². The molecule has 21 heavy (non-hydrogen) atoms. The molecule has 0 aliphatic carbocycles. The monoisotopic (exact) mass is 292 g/mol. The first-order valence-electron chi connectivity index (χ1n) is 7.07. The van der Waals surface area contributed by atoms with Crippen LogP contribution < -0.4 is 5.32 Å². The van der Waals surface area contributed by atoms with E-state index in [-0.39, 0.29) is 18.4 Å². The van der Waals surface area contributed by atoms with Crippen LogP contribution in [-0.2, 0) is 16.1 Å². The summed E-state index contributed by atoms with van der Waals surface area (Å²) in [4.78, 5) is 24.7.